The van der Waals surface area contributed by atoms with E-state index in [4.69, 9.17) is 5.26 Å². The molecule has 0 aliphatic heterocycles. The molecule has 2 fully saturated rings. The van der Waals surface area contributed by atoms with Crippen molar-refractivity contribution in [3.63, 3.8) is 0 Å². The molecule has 0 heterocycles. The molecule has 1 N–H and O–H groups in total. The normalized spacial score (nSPS) is 16.8. The van der Waals surface area contributed by atoms with Crippen molar-refractivity contribution in [2.45, 2.75) is 6.18 Å². The number of amides is 1. The monoisotopic (exact) mass is 398 g/mol. The number of anilines is 1. The molecule has 0 unspecified atom stereocenters. The van der Waals surface area contributed by atoms with Crippen molar-refractivity contribution in [1.29, 1.82) is 5.26 Å². The summed E-state index contributed by atoms with van der Waals surface area (Å²) in [7, 11) is 0. The summed E-state index contributed by atoms with van der Waals surface area (Å²) in [6.45, 7) is 0. The Bertz CT molecular complexity index is 623. The number of hydrogen-bond donors (Lipinski definition) is 1. The van der Waals surface area contributed by atoms with Crippen molar-refractivity contribution >= 4 is 11.6 Å². The molecule has 2 aliphatic rings. The van der Waals surface area contributed by atoms with E-state index in [1.54, 1.807) is 25.7 Å². The van der Waals surface area contributed by atoms with Gasteiger partial charge in [0.05, 0.1) is 23.1 Å². The van der Waals surface area contributed by atoms with Crippen molar-refractivity contribution in [3.05, 3.63) is 93.0 Å². The molecule has 3 rings (SSSR count). The largest absolute Gasteiger partial charge is 2.00 e. The molecule has 0 spiro atoms. The maximum Gasteiger partial charge on any atom is 2.00 e. The van der Waals surface area contributed by atoms with Crippen LogP contribution in [0.2, 0.25) is 0 Å². The quantitative estimate of drug-likeness (QED) is 0.768. The van der Waals surface area contributed by atoms with E-state index in [0.717, 1.165) is 12.1 Å². The zero-order valence-corrected chi connectivity index (χ0v) is 14.4. The van der Waals surface area contributed by atoms with Gasteiger partial charge in [-0.2, -0.15) is 18.4 Å². The van der Waals surface area contributed by atoms with E-state index in [1.165, 1.54) is 12.1 Å². The number of carbonyl (C=O) groups excluding carboxylic acids is 1. The Balaban J connectivity index is 0.000000486. The molecule has 2 aliphatic carbocycles. The number of benzene rings is 1. The fourth-order valence-corrected chi connectivity index (χ4v) is 2.00. The van der Waals surface area contributed by atoms with Gasteiger partial charge in [-0.05, 0) is 76.0 Å². The Labute approximate surface area is 162 Å². The number of carbonyl (C=O) groups is 1. The third-order valence-electron chi connectivity index (χ3n) is 3.18. The molecule has 1 aromatic rings. The van der Waals surface area contributed by atoms with E-state index in [9.17, 15) is 18.0 Å². The van der Waals surface area contributed by atoms with Gasteiger partial charge >= 0.3 is 23.2 Å². The zero-order valence-electron chi connectivity index (χ0n) is 13.3. The van der Waals surface area contributed by atoms with Crippen LogP contribution in [0.5, 0.6) is 0 Å². The third-order valence-corrected chi connectivity index (χ3v) is 3.18. The Hall–Kier alpha value is -1.51. The molecule has 3 nitrogen and oxygen atoms in total. The topological polar surface area (TPSA) is 52.9 Å². The first kappa shape index (κ1) is 22.5. The summed E-state index contributed by atoms with van der Waals surface area (Å²) in [4.78, 5) is 11.7. The third kappa shape index (κ3) is 6.66. The second-order valence-electron chi connectivity index (χ2n) is 4.96. The van der Waals surface area contributed by atoms with Gasteiger partial charge in [-0.3, -0.25) is 4.79 Å². The Kier molecular flexibility index (Phi) is 9.18. The number of alkyl halides is 3. The first-order chi connectivity index (χ1) is 11.9. The summed E-state index contributed by atoms with van der Waals surface area (Å²) < 4.78 is 38.3. The van der Waals surface area contributed by atoms with E-state index in [-0.39, 0.29) is 22.8 Å². The van der Waals surface area contributed by atoms with Crippen molar-refractivity contribution in [1.82, 2.24) is 0 Å². The molecule has 1 amide bonds. The molecular formula is C19H13F3FeN2O+2. The maximum atomic E-state index is 12.8. The summed E-state index contributed by atoms with van der Waals surface area (Å²) in [5.74, 6) is -0.157. The van der Waals surface area contributed by atoms with Crippen molar-refractivity contribution < 1.29 is 35.0 Å². The zero-order chi connectivity index (χ0) is 18.3. The molecule has 0 saturated heterocycles. The summed E-state index contributed by atoms with van der Waals surface area (Å²) >= 11 is 0. The number of halogens is 3. The van der Waals surface area contributed by atoms with Crippen molar-refractivity contribution in [2.24, 2.45) is 0 Å². The Morgan fingerprint density at radius 1 is 0.962 bits per heavy atom. The van der Waals surface area contributed by atoms with Gasteiger partial charge in [0.15, 0.2) is 0 Å². The molecule has 2 saturated carbocycles. The fraction of sp³-hybridized carbons (Fsp3) is 0.0526. The standard InChI is InChI=1S/C14H8F3N2O.C5H5.Fe/c15-14(16,17)12-7-11(6-5-10(12)8-18)19-13(20)9-3-1-2-4-9;1-2-4-5-3-1;/h1-7H,(H,19,20);1-5H;/q;;+2. The van der Waals surface area contributed by atoms with Crippen LogP contribution in [0.15, 0.2) is 18.2 Å². The number of nitrogens with zero attached hydrogens (tertiary/aromatic N) is 1. The molecular weight excluding hydrogens is 385 g/mol. The van der Waals surface area contributed by atoms with Gasteiger partial charge < -0.3 is 5.32 Å². The average Bonchev–Trinajstić information content (AvgIpc) is 3.29. The van der Waals surface area contributed by atoms with Gasteiger partial charge in [0.1, 0.15) is 0 Å². The summed E-state index contributed by atoms with van der Waals surface area (Å²) in [5.41, 5.74) is -1.56. The minimum absolute atomic E-state index is 0. The van der Waals surface area contributed by atoms with Crippen LogP contribution in [-0.4, -0.2) is 5.91 Å². The fourth-order valence-electron chi connectivity index (χ4n) is 2.00. The Morgan fingerprint density at radius 2 is 1.50 bits per heavy atom. The molecule has 0 aromatic heterocycles. The number of rotatable bonds is 2. The smallest absolute Gasteiger partial charge is 0.326 e. The summed E-state index contributed by atoms with van der Waals surface area (Å²) in [5, 5.41) is 11.0. The predicted octanol–water partition coefficient (Wildman–Crippen LogP) is 3.94. The number of nitriles is 1. The predicted molar refractivity (Wildman–Crippen MR) is 86.7 cm³/mol. The first-order valence-electron chi connectivity index (χ1n) is 7.23. The van der Waals surface area contributed by atoms with Gasteiger partial charge in [0, 0.05) is 5.69 Å². The van der Waals surface area contributed by atoms with E-state index < -0.39 is 23.2 Å². The summed E-state index contributed by atoms with van der Waals surface area (Å²) in [6, 6.07) is 4.52. The van der Waals surface area contributed by atoms with Crippen LogP contribution in [0.4, 0.5) is 18.9 Å². The van der Waals surface area contributed by atoms with Gasteiger partial charge in [0.2, 0.25) is 5.91 Å². The van der Waals surface area contributed by atoms with Gasteiger partial charge in [-0.1, -0.05) is 0 Å². The summed E-state index contributed by atoms with van der Waals surface area (Å²) in [6.07, 6.45) is 11.7. The van der Waals surface area contributed by atoms with Crippen LogP contribution in [0.1, 0.15) is 11.1 Å². The van der Waals surface area contributed by atoms with Crippen LogP contribution in [-0.2, 0) is 28.0 Å². The number of nitrogens with one attached hydrogen (secondary N) is 1. The SMILES string of the molecule is N#Cc1ccc(NC(=O)[C]2[CH][CH][CH][CH]2)cc1C(F)(F)F.[CH]1[CH][CH][CH][CH]1.[Fe+2]. The van der Waals surface area contributed by atoms with Crippen molar-refractivity contribution in [2.75, 3.05) is 5.32 Å². The Morgan fingerprint density at radius 3 is 1.96 bits per heavy atom. The van der Waals surface area contributed by atoms with Gasteiger partial charge in [-0.15, -0.1) is 0 Å². The molecule has 26 heavy (non-hydrogen) atoms. The molecule has 0 bridgehead atoms. The molecule has 0 atom stereocenters. The van der Waals surface area contributed by atoms with E-state index in [0.29, 0.717) is 5.92 Å². The second-order valence-corrected chi connectivity index (χ2v) is 4.96. The van der Waals surface area contributed by atoms with E-state index in [2.05, 4.69) is 5.32 Å². The van der Waals surface area contributed by atoms with Crippen LogP contribution in [0, 0.1) is 75.0 Å². The van der Waals surface area contributed by atoms with Gasteiger partial charge in [-0.25, -0.2) is 0 Å². The van der Waals surface area contributed by atoms with Crippen LogP contribution in [0.3, 0.4) is 0 Å². The van der Waals surface area contributed by atoms with E-state index >= 15 is 0 Å². The molecule has 10 radical (unpaired) electrons. The maximum absolute atomic E-state index is 12.8. The molecule has 132 valence electrons. The van der Waals surface area contributed by atoms with Crippen LogP contribution in [0.25, 0.3) is 0 Å². The minimum atomic E-state index is -4.65. The average molecular weight is 398 g/mol. The molecule has 1 aromatic carbocycles. The second kappa shape index (κ2) is 10.6. The van der Waals surface area contributed by atoms with Crippen molar-refractivity contribution in [3.8, 4) is 6.07 Å². The van der Waals surface area contributed by atoms with E-state index in [1.807, 2.05) is 32.1 Å². The minimum Gasteiger partial charge on any atom is -0.326 e. The van der Waals surface area contributed by atoms with Crippen LogP contribution >= 0.6 is 0 Å². The molecule has 7 heteroatoms. The van der Waals surface area contributed by atoms with Crippen LogP contribution < -0.4 is 5.32 Å². The first-order valence-corrected chi connectivity index (χ1v) is 7.23. The van der Waals surface area contributed by atoms with Gasteiger partial charge in [0.25, 0.3) is 0 Å². The number of hydrogen-bond acceptors (Lipinski definition) is 2.